The van der Waals surface area contributed by atoms with Crippen molar-refractivity contribution in [1.82, 2.24) is 0 Å². The van der Waals surface area contributed by atoms with Crippen LogP contribution in [0.4, 0.5) is 0 Å². The minimum atomic E-state index is 0.0123. The van der Waals surface area contributed by atoms with Crippen LogP contribution < -0.4 is 0 Å². The summed E-state index contributed by atoms with van der Waals surface area (Å²) in [6.45, 7) is 7.04. The molecule has 0 radical (unpaired) electrons. The van der Waals surface area contributed by atoms with Gasteiger partial charge in [0.1, 0.15) is 0 Å². The highest BCUT2D eigenvalue weighted by Crippen LogP contribution is 2.62. The zero-order chi connectivity index (χ0) is 10.3. The molecule has 0 spiro atoms. The largest absolute Gasteiger partial charge is 0.393 e. The topological polar surface area (TPSA) is 20.2 Å². The summed E-state index contributed by atoms with van der Waals surface area (Å²) < 4.78 is 0. The number of hydrogen-bond donors (Lipinski definition) is 1. The van der Waals surface area contributed by atoms with Crippen LogP contribution in [0.5, 0.6) is 0 Å². The Morgan fingerprint density at radius 3 is 2.57 bits per heavy atom. The van der Waals surface area contributed by atoms with Crippen LogP contribution in [0, 0.1) is 23.2 Å². The van der Waals surface area contributed by atoms with Gasteiger partial charge in [0.25, 0.3) is 0 Å². The Labute approximate surface area is 87.9 Å². The molecule has 1 N–H and O–H groups in total. The molecule has 3 aliphatic rings. The van der Waals surface area contributed by atoms with Crippen LogP contribution in [0.25, 0.3) is 0 Å². The normalized spacial score (nSPS) is 44.6. The quantitative estimate of drug-likeness (QED) is 0.735. The van der Waals surface area contributed by atoms with E-state index in [-0.39, 0.29) is 6.10 Å². The Hall–Kier alpha value is -0.0400. The zero-order valence-electron chi connectivity index (χ0n) is 9.79. The molecule has 1 nitrogen and oxygen atoms in total. The fraction of sp³-hybridized carbons (Fsp3) is 1.00. The fourth-order valence-electron chi connectivity index (χ4n) is 3.75. The molecule has 0 aromatic carbocycles. The molecule has 3 saturated carbocycles. The Balaban J connectivity index is 2.00. The summed E-state index contributed by atoms with van der Waals surface area (Å²) in [6, 6.07) is 0. The number of hydrogen-bond acceptors (Lipinski definition) is 1. The predicted octanol–water partition coefficient (Wildman–Crippen LogP) is 3.22. The maximum Gasteiger partial charge on any atom is 0.0574 e. The molecule has 4 atom stereocenters. The van der Waals surface area contributed by atoms with Gasteiger partial charge in [0.15, 0.2) is 0 Å². The second-order valence-electron chi connectivity index (χ2n) is 5.97. The van der Waals surface area contributed by atoms with E-state index in [1.807, 2.05) is 0 Å². The maximum absolute atomic E-state index is 10.0. The molecule has 14 heavy (non-hydrogen) atoms. The van der Waals surface area contributed by atoms with Crippen molar-refractivity contribution in [2.24, 2.45) is 23.2 Å². The first-order chi connectivity index (χ1) is 6.57. The number of aliphatic hydroxyl groups excluding tert-OH is 1. The van der Waals surface area contributed by atoms with Crippen molar-refractivity contribution in [2.75, 3.05) is 0 Å². The third kappa shape index (κ3) is 1.41. The van der Waals surface area contributed by atoms with Crippen LogP contribution in [0.1, 0.15) is 52.9 Å². The van der Waals surface area contributed by atoms with Crippen molar-refractivity contribution < 1.29 is 5.11 Å². The molecule has 82 valence electrons. The molecule has 3 aliphatic carbocycles. The number of aliphatic hydroxyl groups is 1. The lowest BCUT2D eigenvalue weighted by Gasteiger charge is -2.61. The Bertz CT molecular complexity index is 209. The summed E-state index contributed by atoms with van der Waals surface area (Å²) in [5.41, 5.74) is 0.525. The molecule has 3 rings (SSSR count). The van der Waals surface area contributed by atoms with Crippen LogP contribution in [0.3, 0.4) is 0 Å². The summed E-state index contributed by atoms with van der Waals surface area (Å²) in [6.07, 6.45) is 6.27. The first kappa shape index (κ1) is 10.5. The van der Waals surface area contributed by atoms with Gasteiger partial charge in [0.05, 0.1) is 6.10 Å². The van der Waals surface area contributed by atoms with E-state index >= 15 is 0 Å². The van der Waals surface area contributed by atoms with Gasteiger partial charge in [-0.05, 0) is 42.4 Å². The minimum absolute atomic E-state index is 0.0123. The Morgan fingerprint density at radius 2 is 2.00 bits per heavy atom. The Morgan fingerprint density at radius 1 is 1.29 bits per heavy atom. The van der Waals surface area contributed by atoms with Gasteiger partial charge in [0.2, 0.25) is 0 Å². The highest BCUT2D eigenvalue weighted by molar-refractivity contribution is 5.06. The van der Waals surface area contributed by atoms with Crippen molar-refractivity contribution in [3.63, 3.8) is 0 Å². The lowest BCUT2D eigenvalue weighted by molar-refractivity contribution is -0.162. The molecular weight excluding hydrogens is 172 g/mol. The zero-order valence-corrected chi connectivity index (χ0v) is 9.79. The van der Waals surface area contributed by atoms with E-state index in [0.717, 1.165) is 18.3 Å². The van der Waals surface area contributed by atoms with Gasteiger partial charge in [-0.25, -0.2) is 0 Å². The van der Waals surface area contributed by atoms with E-state index in [4.69, 9.17) is 0 Å². The first-order valence-electron chi connectivity index (χ1n) is 6.25. The summed E-state index contributed by atoms with van der Waals surface area (Å²) in [4.78, 5) is 0. The molecule has 2 bridgehead atoms. The first-order valence-corrected chi connectivity index (χ1v) is 6.25. The third-order valence-electron chi connectivity index (χ3n) is 4.97. The van der Waals surface area contributed by atoms with E-state index in [2.05, 4.69) is 20.8 Å². The number of unbranched alkanes of at least 4 members (excludes halogenated alkanes) is 1. The van der Waals surface area contributed by atoms with Gasteiger partial charge in [-0.15, -0.1) is 0 Å². The summed E-state index contributed by atoms with van der Waals surface area (Å²) in [7, 11) is 0. The van der Waals surface area contributed by atoms with Gasteiger partial charge >= 0.3 is 0 Å². The van der Waals surface area contributed by atoms with Gasteiger partial charge < -0.3 is 5.11 Å². The molecule has 0 heterocycles. The maximum atomic E-state index is 10.0. The van der Waals surface area contributed by atoms with Crippen LogP contribution in [-0.4, -0.2) is 11.2 Å². The molecular formula is C13H24O. The predicted molar refractivity (Wildman–Crippen MR) is 59.0 cm³/mol. The molecule has 3 fully saturated rings. The summed E-state index contributed by atoms with van der Waals surface area (Å²) in [5.74, 6) is 2.22. The van der Waals surface area contributed by atoms with E-state index in [1.165, 1.54) is 25.7 Å². The highest BCUT2D eigenvalue weighted by Gasteiger charge is 2.56. The van der Waals surface area contributed by atoms with E-state index in [1.54, 1.807) is 0 Å². The van der Waals surface area contributed by atoms with E-state index in [9.17, 15) is 5.11 Å². The van der Waals surface area contributed by atoms with Gasteiger partial charge in [-0.2, -0.15) is 0 Å². The number of rotatable bonds is 3. The van der Waals surface area contributed by atoms with Crippen molar-refractivity contribution in [3.05, 3.63) is 0 Å². The fourth-order valence-corrected chi connectivity index (χ4v) is 3.75. The average Bonchev–Trinajstić information content (AvgIpc) is 2.15. The molecule has 0 aromatic rings. The second-order valence-corrected chi connectivity index (χ2v) is 5.97. The molecule has 0 aliphatic heterocycles. The average molecular weight is 196 g/mol. The SMILES string of the molecule is CCCC[C@H]1[C@H]2C[C@@H](C[C@@H]1O)C2(C)C. The van der Waals surface area contributed by atoms with Crippen molar-refractivity contribution in [1.29, 1.82) is 0 Å². The second kappa shape index (κ2) is 3.52. The molecule has 1 heteroatoms. The molecule has 0 unspecified atom stereocenters. The van der Waals surface area contributed by atoms with Gasteiger partial charge in [0, 0.05) is 0 Å². The van der Waals surface area contributed by atoms with Crippen LogP contribution in [0.15, 0.2) is 0 Å². The smallest absolute Gasteiger partial charge is 0.0574 e. The van der Waals surface area contributed by atoms with E-state index < -0.39 is 0 Å². The van der Waals surface area contributed by atoms with Gasteiger partial charge in [-0.3, -0.25) is 0 Å². The van der Waals surface area contributed by atoms with Crippen LogP contribution >= 0.6 is 0 Å². The standard InChI is InChI=1S/C13H24O/c1-4-5-6-10-11-7-9(8-12(10)14)13(11,2)3/h9-12,14H,4-8H2,1-3H3/t9-,10-,11+,12-/m0/s1. The molecule has 0 aromatic heterocycles. The summed E-state index contributed by atoms with van der Waals surface area (Å²) in [5, 5.41) is 10.0. The number of fused-ring (bicyclic) bond motifs is 2. The molecule has 0 amide bonds. The van der Waals surface area contributed by atoms with E-state index in [0.29, 0.717) is 11.3 Å². The Kier molecular flexibility index (Phi) is 2.63. The minimum Gasteiger partial charge on any atom is -0.393 e. The van der Waals surface area contributed by atoms with Crippen molar-refractivity contribution in [3.8, 4) is 0 Å². The van der Waals surface area contributed by atoms with Gasteiger partial charge in [-0.1, -0.05) is 33.6 Å². The monoisotopic (exact) mass is 196 g/mol. The lowest BCUT2D eigenvalue weighted by atomic mass is 9.44. The molecule has 0 saturated heterocycles. The highest BCUT2D eigenvalue weighted by atomic mass is 16.3. The lowest BCUT2D eigenvalue weighted by Crippen LogP contribution is -2.57. The van der Waals surface area contributed by atoms with Crippen molar-refractivity contribution >= 4 is 0 Å². The van der Waals surface area contributed by atoms with Crippen molar-refractivity contribution in [2.45, 2.75) is 59.0 Å². The third-order valence-corrected chi connectivity index (χ3v) is 4.97. The van der Waals surface area contributed by atoms with Crippen LogP contribution in [-0.2, 0) is 0 Å². The summed E-state index contributed by atoms with van der Waals surface area (Å²) >= 11 is 0. The van der Waals surface area contributed by atoms with Crippen LogP contribution in [0.2, 0.25) is 0 Å².